The fraction of sp³-hybridized carbons (Fsp3) is 0.259. The van der Waals surface area contributed by atoms with Gasteiger partial charge >= 0.3 is 0 Å². The minimum absolute atomic E-state index is 0.0611. The number of aryl methyl sites for hydroxylation is 6. The Kier molecular flexibility index (Phi) is 9.04. The van der Waals surface area contributed by atoms with Crippen LogP contribution in [0.25, 0.3) is 32.3 Å². The van der Waals surface area contributed by atoms with Crippen LogP contribution in [0.3, 0.4) is 0 Å². The van der Waals surface area contributed by atoms with Gasteiger partial charge in [0.1, 0.15) is 0 Å². The zero-order valence-electron chi connectivity index (χ0n) is 35.4. The predicted molar refractivity (Wildman–Crippen MR) is 245 cm³/mol. The topological polar surface area (TPSA) is 6.48 Å². The van der Waals surface area contributed by atoms with E-state index in [2.05, 4.69) is 214 Å². The predicted octanol–water partition coefficient (Wildman–Crippen LogP) is 16.0. The molecule has 0 aromatic heterocycles. The van der Waals surface area contributed by atoms with Gasteiger partial charge in [-0.25, -0.2) is 0 Å². The number of benzene rings is 8. The van der Waals surface area contributed by atoms with Crippen LogP contribution in [0.1, 0.15) is 86.1 Å². The van der Waals surface area contributed by atoms with Crippen molar-refractivity contribution in [3.05, 3.63) is 166 Å². The molecule has 282 valence electrons. The maximum atomic E-state index is 2.51. The summed E-state index contributed by atoms with van der Waals surface area (Å²) in [5.41, 5.74) is 17.7. The molecular formula is C54H56N2. The van der Waals surface area contributed by atoms with Gasteiger partial charge in [-0.2, -0.15) is 0 Å². The number of hydrogen-bond donors (Lipinski definition) is 0. The number of hydrogen-bond acceptors (Lipinski definition) is 2. The van der Waals surface area contributed by atoms with Gasteiger partial charge in [0.2, 0.25) is 0 Å². The first-order chi connectivity index (χ1) is 26.5. The molecule has 0 atom stereocenters. The van der Waals surface area contributed by atoms with E-state index < -0.39 is 0 Å². The van der Waals surface area contributed by atoms with Crippen molar-refractivity contribution in [1.29, 1.82) is 0 Å². The number of nitrogens with zero attached hydrogens (tertiary/aromatic N) is 2. The Hall–Kier alpha value is -5.60. The van der Waals surface area contributed by atoms with E-state index in [1.807, 2.05) is 0 Å². The van der Waals surface area contributed by atoms with Gasteiger partial charge in [-0.15, -0.1) is 0 Å². The summed E-state index contributed by atoms with van der Waals surface area (Å²) in [5, 5.41) is 7.62. The van der Waals surface area contributed by atoms with Crippen LogP contribution in [0, 0.1) is 41.5 Å². The first-order valence-electron chi connectivity index (χ1n) is 20.2. The van der Waals surface area contributed by atoms with Crippen LogP contribution >= 0.6 is 0 Å². The maximum absolute atomic E-state index is 2.51. The third kappa shape index (κ3) is 6.40. The summed E-state index contributed by atoms with van der Waals surface area (Å²) in [4.78, 5) is 5.01. The van der Waals surface area contributed by atoms with E-state index in [0.29, 0.717) is 0 Å². The third-order valence-electron chi connectivity index (χ3n) is 11.8. The fourth-order valence-electron chi connectivity index (χ4n) is 8.81. The van der Waals surface area contributed by atoms with Crippen molar-refractivity contribution >= 4 is 66.4 Å². The molecule has 0 aliphatic rings. The fourth-order valence-corrected chi connectivity index (χ4v) is 8.81. The molecule has 8 rings (SSSR count). The summed E-state index contributed by atoms with van der Waals surface area (Å²) < 4.78 is 0. The van der Waals surface area contributed by atoms with Crippen LogP contribution in [0.15, 0.2) is 121 Å². The summed E-state index contributed by atoms with van der Waals surface area (Å²) in [6, 6.07) is 46.3. The standard InChI is InChI=1S/C54H56N2/c1-33-13-21-43(22-14-33)55(51-35(3)29-41(30-36(51)4)53(7,8)9)47-27-19-39-18-26-46-48(28-20-40-17-25-45(47)49(39)50(40)46)56(44-23-15-34(2)16-24-44)52-37(5)31-42(32-38(52)6)54(10,11)12/h13-32H,1-12H3. The Morgan fingerprint density at radius 2 is 0.661 bits per heavy atom. The van der Waals surface area contributed by atoms with E-state index in [0.717, 1.165) is 11.4 Å². The molecular weight excluding hydrogens is 677 g/mol. The summed E-state index contributed by atoms with van der Waals surface area (Å²) in [5.74, 6) is 0. The molecule has 0 amide bonds. The van der Waals surface area contributed by atoms with E-state index in [1.54, 1.807) is 0 Å². The molecule has 0 aliphatic heterocycles. The molecule has 0 saturated heterocycles. The van der Waals surface area contributed by atoms with Gasteiger partial charge < -0.3 is 9.80 Å². The van der Waals surface area contributed by atoms with E-state index >= 15 is 0 Å². The average Bonchev–Trinajstić information content (AvgIpc) is 3.14. The van der Waals surface area contributed by atoms with Crippen LogP contribution in [0.5, 0.6) is 0 Å². The molecule has 0 bridgehead atoms. The van der Waals surface area contributed by atoms with Crippen molar-refractivity contribution in [2.75, 3.05) is 9.80 Å². The second-order valence-corrected chi connectivity index (χ2v) is 18.4. The molecule has 0 aliphatic carbocycles. The van der Waals surface area contributed by atoms with Gasteiger partial charge in [0.25, 0.3) is 0 Å². The molecule has 8 aromatic carbocycles. The maximum Gasteiger partial charge on any atom is 0.0540 e. The summed E-state index contributed by atoms with van der Waals surface area (Å²) in [6.07, 6.45) is 0. The second-order valence-electron chi connectivity index (χ2n) is 18.4. The van der Waals surface area contributed by atoms with Crippen molar-refractivity contribution in [1.82, 2.24) is 0 Å². The summed E-state index contributed by atoms with van der Waals surface area (Å²) >= 11 is 0. The van der Waals surface area contributed by atoms with E-state index in [-0.39, 0.29) is 10.8 Å². The van der Waals surface area contributed by atoms with Crippen LogP contribution in [-0.4, -0.2) is 0 Å². The normalized spacial score (nSPS) is 12.3. The highest BCUT2D eigenvalue weighted by atomic mass is 15.2. The zero-order valence-corrected chi connectivity index (χ0v) is 35.4. The quantitative estimate of drug-likeness (QED) is 0.157. The minimum atomic E-state index is 0.0611. The van der Waals surface area contributed by atoms with Crippen LogP contribution in [0.4, 0.5) is 34.1 Å². The van der Waals surface area contributed by atoms with E-state index in [4.69, 9.17) is 0 Å². The summed E-state index contributed by atoms with van der Waals surface area (Å²) in [7, 11) is 0. The van der Waals surface area contributed by atoms with Gasteiger partial charge in [0.05, 0.1) is 22.7 Å². The first-order valence-corrected chi connectivity index (χ1v) is 20.2. The Balaban J connectivity index is 1.41. The highest BCUT2D eigenvalue weighted by molar-refractivity contribution is 6.28. The zero-order chi connectivity index (χ0) is 39.8. The molecule has 8 aromatic rings. The SMILES string of the molecule is Cc1ccc(N(c2c(C)cc(C(C)(C)C)cc2C)c2ccc3ccc4c(N(c5ccc(C)cc5)c5c(C)cc(C(C)(C)C)cc5C)ccc5ccc2c3c54)cc1. The molecule has 0 unspecified atom stereocenters. The first kappa shape index (κ1) is 37.3. The molecule has 0 N–H and O–H groups in total. The number of anilines is 6. The smallest absolute Gasteiger partial charge is 0.0540 e. The Bertz CT molecular complexity index is 2510. The highest BCUT2D eigenvalue weighted by Crippen LogP contribution is 2.49. The molecule has 0 spiro atoms. The molecule has 0 radical (unpaired) electrons. The third-order valence-corrected chi connectivity index (χ3v) is 11.8. The molecule has 56 heavy (non-hydrogen) atoms. The Labute approximate surface area is 334 Å². The van der Waals surface area contributed by atoms with Gasteiger partial charge in [-0.1, -0.05) is 138 Å². The van der Waals surface area contributed by atoms with Gasteiger partial charge in [0, 0.05) is 22.1 Å². The monoisotopic (exact) mass is 732 g/mol. The molecule has 2 heteroatoms. The van der Waals surface area contributed by atoms with Gasteiger partial charge in [-0.05, 0) is 144 Å². The summed E-state index contributed by atoms with van der Waals surface area (Å²) in [6.45, 7) is 27.3. The van der Waals surface area contributed by atoms with Crippen molar-refractivity contribution in [3.8, 4) is 0 Å². The van der Waals surface area contributed by atoms with Gasteiger partial charge in [0.15, 0.2) is 0 Å². The van der Waals surface area contributed by atoms with Crippen LogP contribution < -0.4 is 9.80 Å². The lowest BCUT2D eigenvalue weighted by Gasteiger charge is -2.33. The lowest BCUT2D eigenvalue weighted by Crippen LogP contribution is -2.17. The van der Waals surface area contributed by atoms with Gasteiger partial charge in [-0.3, -0.25) is 0 Å². The van der Waals surface area contributed by atoms with Crippen LogP contribution in [-0.2, 0) is 10.8 Å². The van der Waals surface area contributed by atoms with Crippen LogP contribution in [0.2, 0.25) is 0 Å². The van der Waals surface area contributed by atoms with Crippen molar-refractivity contribution in [2.45, 2.75) is 93.9 Å². The molecule has 0 saturated carbocycles. The highest BCUT2D eigenvalue weighted by Gasteiger charge is 2.26. The van der Waals surface area contributed by atoms with E-state index in [9.17, 15) is 0 Å². The van der Waals surface area contributed by atoms with Crippen molar-refractivity contribution in [3.63, 3.8) is 0 Å². The van der Waals surface area contributed by atoms with Crippen molar-refractivity contribution < 1.29 is 0 Å². The van der Waals surface area contributed by atoms with Crippen molar-refractivity contribution in [2.24, 2.45) is 0 Å². The Morgan fingerprint density at radius 1 is 0.357 bits per heavy atom. The van der Waals surface area contributed by atoms with E-state index in [1.165, 1.54) is 99.6 Å². The minimum Gasteiger partial charge on any atom is -0.309 e. The second kappa shape index (κ2) is 13.6. The number of rotatable bonds is 6. The molecule has 0 fully saturated rings. The lowest BCUT2D eigenvalue weighted by molar-refractivity contribution is 0.589. The lowest BCUT2D eigenvalue weighted by atomic mass is 9.84. The average molecular weight is 733 g/mol. The molecule has 2 nitrogen and oxygen atoms in total. The Morgan fingerprint density at radius 3 is 0.964 bits per heavy atom. The largest absolute Gasteiger partial charge is 0.309 e. The molecule has 0 heterocycles.